The smallest absolute Gasteiger partial charge is 0.152 e. The molecule has 0 amide bonds. The number of carbonyl (C=O) groups is 1. The van der Waals surface area contributed by atoms with Crippen molar-refractivity contribution in [2.24, 2.45) is 7.05 Å². The molecule has 5 heteroatoms. The van der Waals surface area contributed by atoms with Gasteiger partial charge in [0.15, 0.2) is 5.78 Å². The molecule has 0 radical (unpaired) electrons. The minimum Gasteiger partial charge on any atom is -0.302 e. The number of ketones is 1. The Morgan fingerprint density at radius 2 is 2.12 bits per heavy atom. The van der Waals surface area contributed by atoms with Gasteiger partial charge < -0.3 is 4.90 Å². The van der Waals surface area contributed by atoms with Gasteiger partial charge in [-0.15, -0.1) is 0 Å². The predicted molar refractivity (Wildman–Crippen MR) is 64.9 cm³/mol. The van der Waals surface area contributed by atoms with Gasteiger partial charge in [-0.1, -0.05) is 18.5 Å². The summed E-state index contributed by atoms with van der Waals surface area (Å²) >= 11 is 6.16. The van der Waals surface area contributed by atoms with E-state index >= 15 is 0 Å². The van der Waals surface area contributed by atoms with E-state index in [1.807, 2.05) is 33.0 Å². The lowest BCUT2D eigenvalue weighted by atomic mass is 10.2. The Balaban J connectivity index is 2.81. The van der Waals surface area contributed by atoms with Crippen molar-refractivity contribution in [1.82, 2.24) is 14.7 Å². The minimum atomic E-state index is 0.151. The van der Waals surface area contributed by atoms with Crippen LogP contribution in [0.3, 0.4) is 0 Å². The van der Waals surface area contributed by atoms with Gasteiger partial charge in [0.05, 0.1) is 29.4 Å². The molecule has 1 aromatic heterocycles. The maximum atomic E-state index is 11.7. The molecule has 0 aliphatic heterocycles. The van der Waals surface area contributed by atoms with Gasteiger partial charge in [0.25, 0.3) is 0 Å². The van der Waals surface area contributed by atoms with E-state index in [9.17, 15) is 4.79 Å². The quantitative estimate of drug-likeness (QED) is 0.783. The van der Waals surface area contributed by atoms with Crippen LogP contribution in [-0.2, 0) is 24.7 Å². The standard InChI is InChI=1S/C11H18ClN3O/c1-5-9-11(12)10(15(4)13-9)6-8(16)7-14(2)3/h5-7H2,1-4H3. The van der Waals surface area contributed by atoms with E-state index < -0.39 is 0 Å². The van der Waals surface area contributed by atoms with Crippen LogP contribution in [0.5, 0.6) is 0 Å². The number of hydrogen-bond acceptors (Lipinski definition) is 3. The second-order valence-electron chi connectivity index (χ2n) is 4.14. The summed E-state index contributed by atoms with van der Waals surface area (Å²) in [6.45, 7) is 2.43. The second kappa shape index (κ2) is 5.46. The molecule has 0 unspecified atom stereocenters. The third kappa shape index (κ3) is 3.06. The number of hydrogen-bond donors (Lipinski definition) is 0. The van der Waals surface area contributed by atoms with Gasteiger partial charge in [-0.05, 0) is 20.5 Å². The SMILES string of the molecule is CCc1nn(C)c(CC(=O)CN(C)C)c1Cl. The van der Waals surface area contributed by atoms with Gasteiger partial charge in [-0.25, -0.2) is 0 Å². The van der Waals surface area contributed by atoms with Crippen LogP contribution in [0.1, 0.15) is 18.3 Å². The first-order valence-electron chi connectivity index (χ1n) is 5.32. The number of Topliss-reactive ketones (excluding diaryl/α,β-unsaturated/α-hetero) is 1. The van der Waals surface area contributed by atoms with Crippen molar-refractivity contribution in [3.8, 4) is 0 Å². The fourth-order valence-electron chi connectivity index (χ4n) is 1.61. The first kappa shape index (κ1) is 13.2. The average molecular weight is 244 g/mol. The number of aryl methyl sites for hydroxylation is 2. The molecule has 0 aromatic carbocycles. The zero-order valence-corrected chi connectivity index (χ0v) is 11.0. The van der Waals surface area contributed by atoms with Crippen LogP contribution in [-0.4, -0.2) is 41.1 Å². The van der Waals surface area contributed by atoms with Crippen LogP contribution >= 0.6 is 11.6 Å². The summed E-state index contributed by atoms with van der Waals surface area (Å²) < 4.78 is 1.70. The number of likely N-dealkylation sites (N-methyl/N-ethyl adjacent to an activating group) is 1. The van der Waals surface area contributed by atoms with Gasteiger partial charge >= 0.3 is 0 Å². The first-order valence-corrected chi connectivity index (χ1v) is 5.70. The molecular formula is C11H18ClN3O. The van der Waals surface area contributed by atoms with Crippen LogP contribution < -0.4 is 0 Å². The van der Waals surface area contributed by atoms with Crippen molar-refractivity contribution in [1.29, 1.82) is 0 Å². The molecule has 0 N–H and O–H groups in total. The summed E-state index contributed by atoms with van der Waals surface area (Å²) in [6, 6.07) is 0. The zero-order chi connectivity index (χ0) is 12.3. The third-order valence-electron chi connectivity index (χ3n) is 2.36. The Morgan fingerprint density at radius 1 is 1.50 bits per heavy atom. The Bertz CT molecular complexity index is 385. The number of aromatic nitrogens is 2. The monoisotopic (exact) mass is 243 g/mol. The minimum absolute atomic E-state index is 0.151. The molecule has 0 fully saturated rings. The van der Waals surface area contributed by atoms with Crippen LogP contribution in [0.15, 0.2) is 0 Å². The molecule has 1 aromatic rings. The molecule has 0 saturated carbocycles. The lowest BCUT2D eigenvalue weighted by Gasteiger charge is -2.08. The maximum Gasteiger partial charge on any atom is 0.152 e. The van der Waals surface area contributed by atoms with E-state index in [-0.39, 0.29) is 5.78 Å². The Labute approximate surface area is 101 Å². The third-order valence-corrected chi connectivity index (χ3v) is 2.80. The number of carbonyl (C=O) groups excluding carboxylic acids is 1. The van der Waals surface area contributed by atoms with Crippen molar-refractivity contribution in [2.75, 3.05) is 20.6 Å². The molecule has 1 heterocycles. The molecule has 0 bridgehead atoms. The lowest BCUT2D eigenvalue weighted by Crippen LogP contribution is -2.23. The highest BCUT2D eigenvalue weighted by atomic mass is 35.5. The van der Waals surface area contributed by atoms with Crippen LogP contribution in [0.25, 0.3) is 0 Å². The van der Waals surface area contributed by atoms with Gasteiger partial charge in [0, 0.05) is 7.05 Å². The molecule has 0 aliphatic carbocycles. The van der Waals surface area contributed by atoms with Crippen LogP contribution in [0.2, 0.25) is 5.02 Å². The highest BCUT2D eigenvalue weighted by Gasteiger charge is 2.16. The average Bonchev–Trinajstić information content (AvgIpc) is 2.44. The number of halogens is 1. The summed E-state index contributed by atoms with van der Waals surface area (Å²) in [6.07, 6.45) is 1.13. The first-order chi connectivity index (χ1) is 7.45. The number of rotatable bonds is 5. The van der Waals surface area contributed by atoms with E-state index in [0.717, 1.165) is 17.8 Å². The highest BCUT2D eigenvalue weighted by molar-refractivity contribution is 6.32. The van der Waals surface area contributed by atoms with Crippen molar-refractivity contribution in [3.63, 3.8) is 0 Å². The van der Waals surface area contributed by atoms with Gasteiger partial charge in [0.1, 0.15) is 0 Å². The molecule has 1 rings (SSSR count). The topological polar surface area (TPSA) is 38.1 Å². The fourth-order valence-corrected chi connectivity index (χ4v) is 1.97. The van der Waals surface area contributed by atoms with E-state index in [0.29, 0.717) is 18.0 Å². The van der Waals surface area contributed by atoms with Crippen molar-refractivity contribution in [2.45, 2.75) is 19.8 Å². The van der Waals surface area contributed by atoms with Crippen LogP contribution in [0.4, 0.5) is 0 Å². The molecule has 0 aliphatic rings. The van der Waals surface area contributed by atoms with E-state index in [1.165, 1.54) is 0 Å². The fraction of sp³-hybridized carbons (Fsp3) is 0.636. The predicted octanol–water partition coefficient (Wildman–Crippen LogP) is 1.31. The van der Waals surface area contributed by atoms with Crippen molar-refractivity contribution < 1.29 is 4.79 Å². The van der Waals surface area contributed by atoms with E-state index in [2.05, 4.69) is 5.10 Å². The van der Waals surface area contributed by atoms with Gasteiger partial charge in [0.2, 0.25) is 0 Å². The summed E-state index contributed by atoms with van der Waals surface area (Å²) in [4.78, 5) is 13.5. The van der Waals surface area contributed by atoms with Gasteiger partial charge in [-0.2, -0.15) is 5.10 Å². The Morgan fingerprint density at radius 3 is 2.56 bits per heavy atom. The van der Waals surface area contributed by atoms with E-state index in [4.69, 9.17) is 11.6 Å². The molecule has 90 valence electrons. The zero-order valence-electron chi connectivity index (χ0n) is 10.2. The summed E-state index contributed by atoms with van der Waals surface area (Å²) in [5, 5.41) is 4.92. The Kier molecular flexibility index (Phi) is 4.50. The van der Waals surface area contributed by atoms with Crippen molar-refractivity contribution in [3.05, 3.63) is 16.4 Å². The molecule has 0 spiro atoms. The molecule has 0 atom stereocenters. The second-order valence-corrected chi connectivity index (χ2v) is 4.52. The van der Waals surface area contributed by atoms with E-state index in [1.54, 1.807) is 4.68 Å². The largest absolute Gasteiger partial charge is 0.302 e. The highest BCUT2D eigenvalue weighted by Crippen LogP contribution is 2.21. The molecular weight excluding hydrogens is 226 g/mol. The summed E-state index contributed by atoms with van der Waals surface area (Å²) in [5.74, 6) is 0.151. The maximum absolute atomic E-state index is 11.7. The molecule has 4 nitrogen and oxygen atoms in total. The van der Waals surface area contributed by atoms with Crippen LogP contribution in [0, 0.1) is 0 Å². The summed E-state index contributed by atoms with van der Waals surface area (Å²) in [5.41, 5.74) is 1.67. The van der Waals surface area contributed by atoms with Gasteiger partial charge in [-0.3, -0.25) is 9.48 Å². The lowest BCUT2D eigenvalue weighted by molar-refractivity contribution is -0.119. The molecule has 16 heavy (non-hydrogen) atoms. The number of nitrogens with zero attached hydrogens (tertiary/aromatic N) is 3. The van der Waals surface area contributed by atoms with Crippen molar-refractivity contribution >= 4 is 17.4 Å². The molecule has 0 saturated heterocycles. The summed E-state index contributed by atoms with van der Waals surface area (Å²) in [7, 11) is 5.57. The Hall–Kier alpha value is -0.870. The normalized spacial score (nSPS) is 11.1.